The predicted molar refractivity (Wildman–Crippen MR) is 58.6 cm³/mol. The molecule has 0 spiro atoms. The molecule has 1 atom stereocenters. The lowest BCUT2D eigenvalue weighted by molar-refractivity contribution is -0.136. The SMILES string of the molecule is CCC(=O)CCSC1CC(=O)N(C)C1=O. The first kappa shape index (κ1) is 12.2. The van der Waals surface area contributed by atoms with Crippen LogP contribution in [0.3, 0.4) is 0 Å². The van der Waals surface area contributed by atoms with Crippen LogP contribution in [-0.2, 0) is 14.4 Å². The van der Waals surface area contributed by atoms with Gasteiger partial charge in [-0.2, -0.15) is 0 Å². The topological polar surface area (TPSA) is 54.5 Å². The van der Waals surface area contributed by atoms with Crippen molar-refractivity contribution in [3.63, 3.8) is 0 Å². The highest BCUT2D eigenvalue weighted by Gasteiger charge is 2.35. The minimum Gasteiger partial charge on any atom is -0.300 e. The normalized spacial score (nSPS) is 21.2. The maximum Gasteiger partial charge on any atom is 0.242 e. The van der Waals surface area contributed by atoms with Crippen molar-refractivity contribution in [1.29, 1.82) is 0 Å². The molecule has 0 radical (unpaired) electrons. The number of hydrogen-bond donors (Lipinski definition) is 0. The van der Waals surface area contributed by atoms with Gasteiger partial charge in [0.15, 0.2) is 0 Å². The van der Waals surface area contributed by atoms with Crippen LogP contribution in [0.25, 0.3) is 0 Å². The van der Waals surface area contributed by atoms with Crippen LogP contribution in [0.15, 0.2) is 0 Å². The molecule has 4 nitrogen and oxygen atoms in total. The Labute approximate surface area is 93.4 Å². The zero-order valence-corrected chi connectivity index (χ0v) is 9.80. The molecule has 0 bridgehead atoms. The van der Waals surface area contributed by atoms with Crippen molar-refractivity contribution in [2.75, 3.05) is 12.8 Å². The highest BCUT2D eigenvalue weighted by Crippen LogP contribution is 2.24. The summed E-state index contributed by atoms with van der Waals surface area (Å²) < 4.78 is 0. The van der Waals surface area contributed by atoms with Crippen LogP contribution in [-0.4, -0.2) is 40.5 Å². The molecular weight excluding hydrogens is 214 g/mol. The molecule has 5 heteroatoms. The van der Waals surface area contributed by atoms with Crippen LogP contribution in [0, 0.1) is 0 Å². The molecule has 1 unspecified atom stereocenters. The molecular formula is C10H15NO3S. The Bertz CT molecular complexity index is 290. The fourth-order valence-corrected chi connectivity index (χ4v) is 2.53. The molecule has 1 saturated heterocycles. The first-order valence-electron chi connectivity index (χ1n) is 5.00. The summed E-state index contributed by atoms with van der Waals surface area (Å²) in [4.78, 5) is 34.8. The second-order valence-corrected chi connectivity index (χ2v) is 4.81. The van der Waals surface area contributed by atoms with Gasteiger partial charge in [-0.05, 0) is 0 Å². The quantitative estimate of drug-likeness (QED) is 0.656. The van der Waals surface area contributed by atoms with Gasteiger partial charge in [0.1, 0.15) is 5.78 Å². The molecule has 0 saturated carbocycles. The van der Waals surface area contributed by atoms with Gasteiger partial charge in [0.25, 0.3) is 0 Å². The van der Waals surface area contributed by atoms with Gasteiger partial charge in [-0.15, -0.1) is 11.8 Å². The van der Waals surface area contributed by atoms with Crippen molar-refractivity contribution in [2.45, 2.75) is 31.4 Å². The Morgan fingerprint density at radius 1 is 1.53 bits per heavy atom. The minimum atomic E-state index is -0.271. The molecule has 1 rings (SSSR count). The Hall–Kier alpha value is -0.840. The van der Waals surface area contributed by atoms with E-state index in [4.69, 9.17) is 0 Å². The molecule has 1 heterocycles. The predicted octanol–water partition coefficient (Wildman–Crippen LogP) is 0.846. The second-order valence-electron chi connectivity index (χ2n) is 3.50. The number of imide groups is 1. The summed E-state index contributed by atoms with van der Waals surface area (Å²) in [6.45, 7) is 1.82. The average Bonchev–Trinajstić information content (AvgIpc) is 2.46. The fraction of sp³-hybridized carbons (Fsp3) is 0.700. The zero-order valence-electron chi connectivity index (χ0n) is 8.99. The number of Topliss-reactive ketones (excluding diaryl/α,β-unsaturated/α-hetero) is 1. The zero-order chi connectivity index (χ0) is 11.4. The standard InChI is InChI=1S/C10H15NO3S/c1-3-7(12)4-5-15-8-6-9(13)11(2)10(8)14/h8H,3-6H2,1-2H3. The van der Waals surface area contributed by atoms with Crippen LogP contribution in [0.5, 0.6) is 0 Å². The summed E-state index contributed by atoms with van der Waals surface area (Å²) in [5.41, 5.74) is 0. The number of likely N-dealkylation sites (tertiary alicyclic amines) is 1. The van der Waals surface area contributed by atoms with Crippen molar-refractivity contribution in [2.24, 2.45) is 0 Å². The van der Waals surface area contributed by atoms with Gasteiger partial charge in [0.2, 0.25) is 11.8 Å². The largest absolute Gasteiger partial charge is 0.300 e. The average molecular weight is 229 g/mol. The second kappa shape index (κ2) is 5.30. The molecule has 0 aromatic rings. The number of amides is 2. The molecule has 1 aliphatic heterocycles. The number of rotatable bonds is 5. The number of thioether (sulfide) groups is 1. The highest BCUT2D eigenvalue weighted by molar-refractivity contribution is 8.00. The molecule has 0 aromatic heterocycles. The van der Waals surface area contributed by atoms with Gasteiger partial charge in [-0.1, -0.05) is 6.92 Å². The van der Waals surface area contributed by atoms with Gasteiger partial charge in [0, 0.05) is 32.1 Å². The van der Waals surface area contributed by atoms with E-state index >= 15 is 0 Å². The van der Waals surface area contributed by atoms with E-state index in [9.17, 15) is 14.4 Å². The van der Waals surface area contributed by atoms with Gasteiger partial charge < -0.3 is 0 Å². The first-order chi connectivity index (χ1) is 7.06. The molecule has 15 heavy (non-hydrogen) atoms. The van der Waals surface area contributed by atoms with Gasteiger partial charge in [-0.25, -0.2) is 0 Å². The molecule has 0 aliphatic carbocycles. The van der Waals surface area contributed by atoms with Crippen LogP contribution in [0.2, 0.25) is 0 Å². The van der Waals surface area contributed by atoms with Gasteiger partial charge in [-0.3, -0.25) is 19.3 Å². The number of carbonyl (C=O) groups is 3. The van der Waals surface area contributed by atoms with Crippen LogP contribution in [0.1, 0.15) is 26.2 Å². The fourth-order valence-electron chi connectivity index (χ4n) is 1.34. The van der Waals surface area contributed by atoms with E-state index in [2.05, 4.69) is 0 Å². The van der Waals surface area contributed by atoms with Crippen molar-refractivity contribution in [3.05, 3.63) is 0 Å². The summed E-state index contributed by atoms with van der Waals surface area (Å²) in [7, 11) is 1.50. The van der Waals surface area contributed by atoms with Crippen molar-refractivity contribution in [3.8, 4) is 0 Å². The number of ketones is 1. The lowest BCUT2D eigenvalue weighted by Crippen LogP contribution is -2.26. The molecule has 84 valence electrons. The van der Waals surface area contributed by atoms with E-state index < -0.39 is 0 Å². The monoisotopic (exact) mass is 229 g/mol. The Kier molecular flexibility index (Phi) is 4.32. The molecule has 0 aromatic carbocycles. The third-order valence-corrected chi connectivity index (χ3v) is 3.64. The van der Waals surface area contributed by atoms with Crippen LogP contribution < -0.4 is 0 Å². The summed E-state index contributed by atoms with van der Waals surface area (Å²) in [6, 6.07) is 0. The number of nitrogens with zero attached hydrogens (tertiary/aromatic N) is 1. The van der Waals surface area contributed by atoms with Crippen molar-refractivity contribution in [1.82, 2.24) is 4.90 Å². The van der Waals surface area contributed by atoms with Gasteiger partial charge in [0.05, 0.1) is 5.25 Å². The van der Waals surface area contributed by atoms with Crippen molar-refractivity contribution >= 4 is 29.4 Å². The Balaban J connectivity index is 2.32. The maximum absolute atomic E-state index is 11.5. The van der Waals surface area contributed by atoms with E-state index in [1.807, 2.05) is 6.92 Å². The Morgan fingerprint density at radius 2 is 2.20 bits per heavy atom. The molecule has 2 amide bonds. The number of carbonyl (C=O) groups excluding carboxylic acids is 3. The van der Waals surface area contributed by atoms with E-state index in [-0.39, 0.29) is 29.3 Å². The van der Waals surface area contributed by atoms with E-state index in [1.165, 1.54) is 23.7 Å². The van der Waals surface area contributed by atoms with Gasteiger partial charge >= 0.3 is 0 Å². The molecule has 0 N–H and O–H groups in total. The minimum absolute atomic E-state index is 0.126. The van der Waals surface area contributed by atoms with Crippen LogP contribution >= 0.6 is 11.8 Å². The third kappa shape index (κ3) is 3.06. The van der Waals surface area contributed by atoms with E-state index in [1.54, 1.807) is 0 Å². The molecule has 1 aliphatic rings. The van der Waals surface area contributed by atoms with E-state index in [0.717, 1.165) is 0 Å². The molecule has 1 fully saturated rings. The summed E-state index contributed by atoms with van der Waals surface area (Å²) in [6.07, 6.45) is 1.31. The Morgan fingerprint density at radius 3 is 2.67 bits per heavy atom. The van der Waals surface area contributed by atoms with Crippen LogP contribution in [0.4, 0.5) is 0 Å². The maximum atomic E-state index is 11.5. The highest BCUT2D eigenvalue weighted by atomic mass is 32.2. The number of hydrogen-bond acceptors (Lipinski definition) is 4. The summed E-state index contributed by atoms with van der Waals surface area (Å²) >= 11 is 1.41. The van der Waals surface area contributed by atoms with Crippen molar-refractivity contribution < 1.29 is 14.4 Å². The van der Waals surface area contributed by atoms with E-state index in [0.29, 0.717) is 18.6 Å². The summed E-state index contributed by atoms with van der Waals surface area (Å²) in [5, 5.41) is -0.271. The summed E-state index contributed by atoms with van der Waals surface area (Å²) in [5.74, 6) is 0.574. The first-order valence-corrected chi connectivity index (χ1v) is 6.04. The smallest absolute Gasteiger partial charge is 0.242 e. The third-order valence-electron chi connectivity index (χ3n) is 2.43. The lowest BCUT2D eigenvalue weighted by atomic mass is 10.2. The lowest BCUT2D eigenvalue weighted by Gasteiger charge is -2.07.